The summed E-state index contributed by atoms with van der Waals surface area (Å²) in [6, 6.07) is 5.95. The molecule has 4 amide bonds. The number of carbonyl (C=O) groups excluding carboxylic acids is 4. The minimum absolute atomic E-state index is 0.107. The quantitative estimate of drug-likeness (QED) is 0.160. The van der Waals surface area contributed by atoms with Crippen LogP contribution in [0.3, 0.4) is 0 Å². The zero-order valence-electron chi connectivity index (χ0n) is 27.4. The number of benzene rings is 1. The Morgan fingerprint density at radius 2 is 1.53 bits per heavy atom. The van der Waals surface area contributed by atoms with Crippen LogP contribution in [-0.4, -0.2) is 81.0 Å². The summed E-state index contributed by atoms with van der Waals surface area (Å²) in [7, 11) is 0. The molecule has 12 heteroatoms. The fourth-order valence-corrected chi connectivity index (χ4v) is 4.96. The molecule has 1 aromatic carbocycles. The lowest BCUT2D eigenvalue weighted by Gasteiger charge is -2.23. The van der Waals surface area contributed by atoms with Gasteiger partial charge in [0.2, 0.25) is 11.8 Å². The summed E-state index contributed by atoms with van der Waals surface area (Å²) in [5.74, 6) is -0.779. The summed E-state index contributed by atoms with van der Waals surface area (Å²) < 4.78 is 15.9. The summed E-state index contributed by atoms with van der Waals surface area (Å²) in [5, 5.41) is 11.6. The highest BCUT2D eigenvalue weighted by Gasteiger charge is 2.23. The van der Waals surface area contributed by atoms with Crippen LogP contribution in [0, 0.1) is 0 Å². The van der Waals surface area contributed by atoms with Gasteiger partial charge < -0.3 is 35.9 Å². The van der Waals surface area contributed by atoms with Gasteiger partial charge in [-0.05, 0) is 77.1 Å². The predicted octanol–water partition coefficient (Wildman–Crippen LogP) is 4.03. The normalized spacial score (nSPS) is 15.1. The number of hydrogen-bond acceptors (Lipinski definition) is 8. The third kappa shape index (κ3) is 17.8. The Morgan fingerprint density at radius 3 is 2.18 bits per heavy atom. The number of rotatable bonds is 17. The van der Waals surface area contributed by atoms with E-state index >= 15 is 0 Å². The van der Waals surface area contributed by atoms with Gasteiger partial charge in [0.1, 0.15) is 18.2 Å². The number of anilines is 1. The van der Waals surface area contributed by atoms with Crippen molar-refractivity contribution in [3.63, 3.8) is 0 Å². The summed E-state index contributed by atoms with van der Waals surface area (Å²) >= 11 is 0. The van der Waals surface area contributed by atoms with Crippen LogP contribution in [0.1, 0.15) is 102 Å². The van der Waals surface area contributed by atoms with Crippen molar-refractivity contribution in [2.75, 3.05) is 44.8 Å². The van der Waals surface area contributed by atoms with Crippen LogP contribution in [-0.2, 0) is 23.8 Å². The highest BCUT2D eigenvalue weighted by molar-refractivity contribution is 5.95. The van der Waals surface area contributed by atoms with Gasteiger partial charge in [0.15, 0.2) is 0 Å². The van der Waals surface area contributed by atoms with Crippen LogP contribution >= 0.6 is 0 Å². The molecule has 0 bridgehead atoms. The van der Waals surface area contributed by atoms with Crippen LogP contribution in [0.4, 0.5) is 10.5 Å². The smallest absolute Gasteiger partial charge is 0.412 e. The van der Waals surface area contributed by atoms with Gasteiger partial charge in [-0.2, -0.15) is 0 Å². The van der Waals surface area contributed by atoms with E-state index in [1.807, 2.05) is 0 Å². The summed E-state index contributed by atoms with van der Waals surface area (Å²) in [6.45, 7) is 7.04. The average Bonchev–Trinajstić information content (AvgIpc) is 3.11. The zero-order chi connectivity index (χ0) is 32.9. The first-order valence-corrected chi connectivity index (χ1v) is 16.4. The zero-order valence-corrected chi connectivity index (χ0v) is 27.4. The van der Waals surface area contributed by atoms with Crippen LogP contribution in [0.15, 0.2) is 24.3 Å². The number of ether oxygens (including phenoxy) is 3. The van der Waals surface area contributed by atoms with Gasteiger partial charge >= 0.3 is 6.09 Å². The van der Waals surface area contributed by atoms with Gasteiger partial charge in [0.25, 0.3) is 5.91 Å². The number of carbonyl (C=O) groups is 4. The first-order chi connectivity index (χ1) is 21.6. The van der Waals surface area contributed by atoms with Gasteiger partial charge in [-0.3, -0.25) is 19.7 Å². The van der Waals surface area contributed by atoms with Crippen molar-refractivity contribution < 1.29 is 33.4 Å². The minimum Gasteiger partial charge on any atom is -0.444 e. The molecule has 2 rings (SSSR count). The van der Waals surface area contributed by atoms with Gasteiger partial charge in [0.05, 0.1) is 19.8 Å². The van der Waals surface area contributed by atoms with E-state index in [1.165, 1.54) is 25.7 Å². The molecule has 0 aromatic heterocycles. The van der Waals surface area contributed by atoms with Crippen molar-refractivity contribution in [3.8, 4) is 0 Å². The Hall–Kier alpha value is -3.22. The van der Waals surface area contributed by atoms with Gasteiger partial charge in [-0.15, -0.1) is 0 Å². The van der Waals surface area contributed by atoms with Gasteiger partial charge in [0, 0.05) is 30.4 Å². The molecule has 1 unspecified atom stereocenters. The molecule has 0 spiro atoms. The molecule has 6 N–H and O–H groups in total. The molecule has 12 nitrogen and oxygen atoms in total. The topological polar surface area (TPSA) is 170 Å². The van der Waals surface area contributed by atoms with Crippen molar-refractivity contribution in [1.82, 2.24) is 16.0 Å². The second kappa shape index (κ2) is 21.5. The average molecular weight is 634 g/mol. The summed E-state index contributed by atoms with van der Waals surface area (Å²) in [5.41, 5.74) is 5.76. The third-order valence-electron chi connectivity index (χ3n) is 7.22. The monoisotopic (exact) mass is 633 g/mol. The molecule has 45 heavy (non-hydrogen) atoms. The molecule has 1 fully saturated rings. The van der Waals surface area contributed by atoms with E-state index in [-0.39, 0.29) is 37.0 Å². The molecule has 1 atom stereocenters. The van der Waals surface area contributed by atoms with E-state index in [0.29, 0.717) is 56.8 Å². The number of nitrogens with one attached hydrogen (secondary N) is 4. The van der Waals surface area contributed by atoms with Crippen LogP contribution in [0.2, 0.25) is 0 Å². The molecule has 1 aromatic rings. The predicted molar refractivity (Wildman–Crippen MR) is 174 cm³/mol. The molecule has 1 saturated carbocycles. The Bertz CT molecular complexity index is 1020. The van der Waals surface area contributed by atoms with Crippen molar-refractivity contribution in [3.05, 3.63) is 29.8 Å². The fourth-order valence-electron chi connectivity index (χ4n) is 4.96. The van der Waals surface area contributed by atoms with Crippen LogP contribution in [0.5, 0.6) is 0 Å². The first-order valence-electron chi connectivity index (χ1n) is 16.4. The van der Waals surface area contributed by atoms with E-state index in [1.54, 1.807) is 45.0 Å². The molecular weight excluding hydrogens is 578 g/mol. The first kappa shape index (κ1) is 38.0. The molecule has 1 aliphatic carbocycles. The van der Waals surface area contributed by atoms with Crippen molar-refractivity contribution in [2.45, 2.75) is 109 Å². The molecule has 254 valence electrons. The fraction of sp³-hybridized carbons (Fsp3) is 0.697. The highest BCUT2D eigenvalue weighted by Crippen LogP contribution is 2.18. The van der Waals surface area contributed by atoms with E-state index in [4.69, 9.17) is 19.9 Å². The summed E-state index contributed by atoms with van der Waals surface area (Å²) in [6.07, 6.45) is 10.0. The van der Waals surface area contributed by atoms with Crippen molar-refractivity contribution >= 4 is 29.5 Å². The standard InChI is InChI=1S/C33H55N5O7/c1-33(2,3)45-32(42)37-27-17-15-25(16-18-27)30(40)35-20-11-10-14-28(38-29(39)24-44-23-22-43-21-19-34)31(41)36-26-12-8-6-4-5-7-9-13-26/h15-18,26,28H,4-14,19-24,34H2,1-3H3,(H,35,40)(H,36,41)(H,37,42)(H,38,39). The number of amides is 4. The number of hydrogen-bond donors (Lipinski definition) is 5. The van der Waals surface area contributed by atoms with Crippen LogP contribution < -0.4 is 27.0 Å². The maximum Gasteiger partial charge on any atom is 0.412 e. The lowest BCUT2D eigenvalue weighted by Crippen LogP contribution is -2.50. The largest absolute Gasteiger partial charge is 0.444 e. The molecule has 0 aliphatic heterocycles. The molecule has 0 heterocycles. The van der Waals surface area contributed by atoms with Crippen molar-refractivity contribution in [2.24, 2.45) is 5.73 Å². The van der Waals surface area contributed by atoms with E-state index in [0.717, 1.165) is 25.7 Å². The van der Waals surface area contributed by atoms with Gasteiger partial charge in [-0.25, -0.2) is 4.79 Å². The van der Waals surface area contributed by atoms with E-state index < -0.39 is 17.7 Å². The van der Waals surface area contributed by atoms with E-state index in [2.05, 4.69) is 21.3 Å². The SMILES string of the molecule is CC(C)(C)OC(=O)Nc1ccc(C(=O)NCCCCC(NC(=O)COCCOCCN)C(=O)NC2CCCCCCCC2)cc1. The molecule has 1 aliphatic rings. The second-order valence-corrected chi connectivity index (χ2v) is 12.4. The minimum atomic E-state index is -0.692. The molecular formula is C33H55N5O7. The lowest BCUT2D eigenvalue weighted by molar-refractivity contribution is -0.132. The van der Waals surface area contributed by atoms with Crippen LogP contribution in [0.25, 0.3) is 0 Å². The molecule has 0 radical (unpaired) electrons. The Balaban J connectivity index is 1.82. The number of unbranched alkanes of at least 4 members (excludes halogenated alkanes) is 1. The van der Waals surface area contributed by atoms with Gasteiger partial charge in [-0.1, -0.05) is 38.5 Å². The maximum atomic E-state index is 13.3. The van der Waals surface area contributed by atoms with Crippen molar-refractivity contribution in [1.29, 1.82) is 0 Å². The second-order valence-electron chi connectivity index (χ2n) is 12.4. The third-order valence-corrected chi connectivity index (χ3v) is 7.22. The highest BCUT2D eigenvalue weighted by atomic mass is 16.6. The maximum absolute atomic E-state index is 13.3. The Kier molecular flexibility index (Phi) is 18.1. The van der Waals surface area contributed by atoms with E-state index in [9.17, 15) is 19.2 Å². The number of nitrogens with two attached hydrogens (primary N) is 1. The Labute approximate surface area is 268 Å². The lowest BCUT2D eigenvalue weighted by atomic mass is 10.0. The molecule has 0 saturated heterocycles. The summed E-state index contributed by atoms with van der Waals surface area (Å²) in [4.78, 5) is 50.5. The Morgan fingerprint density at radius 1 is 0.889 bits per heavy atom.